The van der Waals surface area contributed by atoms with E-state index in [-0.39, 0.29) is 12.0 Å². The number of aliphatic hydroxyl groups is 1. The van der Waals surface area contributed by atoms with Gasteiger partial charge in [-0.3, -0.25) is 4.79 Å². The van der Waals surface area contributed by atoms with E-state index in [0.29, 0.717) is 12.5 Å². The molecule has 15 heavy (non-hydrogen) atoms. The number of piperidine rings is 1. The summed E-state index contributed by atoms with van der Waals surface area (Å²) in [5.74, 6) is 0.550. The van der Waals surface area contributed by atoms with Crippen LogP contribution in [0, 0.1) is 5.92 Å². The number of aliphatic hydroxyl groups excluding tert-OH is 1. The molecule has 1 atom stereocenters. The molecule has 1 heterocycles. The van der Waals surface area contributed by atoms with Crippen LogP contribution in [-0.4, -0.2) is 48.2 Å². The van der Waals surface area contributed by atoms with Crippen LogP contribution in [0.1, 0.15) is 26.7 Å². The highest BCUT2D eigenvalue weighted by Gasteiger charge is 2.24. The van der Waals surface area contributed by atoms with Crippen LogP contribution >= 0.6 is 0 Å². The summed E-state index contributed by atoms with van der Waals surface area (Å²) in [7, 11) is 0. The lowest BCUT2D eigenvalue weighted by Gasteiger charge is -2.33. The van der Waals surface area contributed by atoms with Gasteiger partial charge in [-0.25, -0.2) is 0 Å². The van der Waals surface area contributed by atoms with Crippen LogP contribution in [0.4, 0.5) is 0 Å². The van der Waals surface area contributed by atoms with Crippen molar-refractivity contribution in [3.63, 3.8) is 0 Å². The standard InChI is InChI=1S/C11H22N2O2/c1-3-12-8-11(15)13-6-4-10(5-7-13)9(2)14/h9-10,12,14H,3-8H2,1-2H3. The molecule has 0 aliphatic carbocycles. The highest BCUT2D eigenvalue weighted by atomic mass is 16.3. The average molecular weight is 214 g/mol. The van der Waals surface area contributed by atoms with Gasteiger partial charge in [0.2, 0.25) is 5.91 Å². The van der Waals surface area contributed by atoms with Crippen LogP contribution in [0.5, 0.6) is 0 Å². The molecule has 88 valence electrons. The summed E-state index contributed by atoms with van der Waals surface area (Å²) < 4.78 is 0. The summed E-state index contributed by atoms with van der Waals surface area (Å²) in [4.78, 5) is 13.5. The van der Waals surface area contributed by atoms with Crippen LogP contribution in [0.15, 0.2) is 0 Å². The van der Waals surface area contributed by atoms with E-state index in [2.05, 4.69) is 5.32 Å². The molecule has 1 fully saturated rings. The number of likely N-dealkylation sites (tertiary alicyclic amines) is 1. The average Bonchev–Trinajstić information content (AvgIpc) is 2.26. The zero-order valence-corrected chi connectivity index (χ0v) is 9.70. The van der Waals surface area contributed by atoms with Crippen molar-refractivity contribution in [1.82, 2.24) is 10.2 Å². The Morgan fingerprint density at radius 2 is 2.13 bits per heavy atom. The molecular weight excluding hydrogens is 192 g/mol. The van der Waals surface area contributed by atoms with Crippen molar-refractivity contribution in [3.8, 4) is 0 Å². The molecule has 0 spiro atoms. The molecule has 4 heteroatoms. The molecule has 2 N–H and O–H groups in total. The fraction of sp³-hybridized carbons (Fsp3) is 0.909. The molecular formula is C11H22N2O2. The zero-order chi connectivity index (χ0) is 11.3. The first kappa shape index (κ1) is 12.5. The monoisotopic (exact) mass is 214 g/mol. The molecule has 0 saturated carbocycles. The lowest BCUT2D eigenvalue weighted by Crippen LogP contribution is -2.44. The summed E-state index contributed by atoms with van der Waals surface area (Å²) in [5, 5.41) is 12.5. The molecule has 0 aromatic heterocycles. The van der Waals surface area contributed by atoms with Gasteiger partial charge in [-0.05, 0) is 32.2 Å². The molecule has 0 bridgehead atoms. The Labute approximate surface area is 91.6 Å². The molecule has 0 aromatic rings. The van der Waals surface area contributed by atoms with Crippen molar-refractivity contribution in [2.24, 2.45) is 5.92 Å². The molecule has 1 saturated heterocycles. The van der Waals surface area contributed by atoms with Crippen molar-refractivity contribution in [1.29, 1.82) is 0 Å². The van der Waals surface area contributed by atoms with Crippen LogP contribution < -0.4 is 5.32 Å². The fourth-order valence-corrected chi connectivity index (χ4v) is 1.98. The highest BCUT2D eigenvalue weighted by Crippen LogP contribution is 2.20. The van der Waals surface area contributed by atoms with Crippen LogP contribution in [0.3, 0.4) is 0 Å². The predicted molar refractivity (Wildman–Crippen MR) is 59.5 cm³/mol. The van der Waals surface area contributed by atoms with Crippen LogP contribution in [0.2, 0.25) is 0 Å². The minimum atomic E-state index is -0.240. The Bertz CT molecular complexity index is 199. The molecule has 0 aromatic carbocycles. The topological polar surface area (TPSA) is 52.6 Å². The van der Waals surface area contributed by atoms with Gasteiger partial charge in [0.15, 0.2) is 0 Å². The Hall–Kier alpha value is -0.610. The van der Waals surface area contributed by atoms with Gasteiger partial charge in [0.05, 0.1) is 12.6 Å². The molecule has 1 amide bonds. The first-order valence-corrected chi connectivity index (χ1v) is 5.81. The minimum absolute atomic E-state index is 0.181. The number of hydrogen-bond donors (Lipinski definition) is 2. The normalized spacial score (nSPS) is 20.3. The largest absolute Gasteiger partial charge is 0.393 e. The molecule has 1 aliphatic heterocycles. The van der Waals surface area contributed by atoms with E-state index in [0.717, 1.165) is 32.5 Å². The van der Waals surface area contributed by atoms with Gasteiger partial charge in [0.25, 0.3) is 0 Å². The number of carbonyl (C=O) groups is 1. The number of amides is 1. The number of nitrogens with zero attached hydrogens (tertiary/aromatic N) is 1. The predicted octanol–water partition coefficient (Wildman–Crippen LogP) is 0.215. The van der Waals surface area contributed by atoms with Crippen LogP contribution in [-0.2, 0) is 4.79 Å². The maximum Gasteiger partial charge on any atom is 0.236 e. The van der Waals surface area contributed by atoms with Gasteiger partial charge in [0, 0.05) is 13.1 Å². The quantitative estimate of drug-likeness (QED) is 0.703. The number of carbonyl (C=O) groups excluding carboxylic acids is 1. The first-order valence-electron chi connectivity index (χ1n) is 5.81. The van der Waals surface area contributed by atoms with Crippen molar-refractivity contribution < 1.29 is 9.90 Å². The number of hydrogen-bond acceptors (Lipinski definition) is 3. The van der Waals surface area contributed by atoms with Gasteiger partial charge in [0.1, 0.15) is 0 Å². The van der Waals surface area contributed by atoms with Crippen molar-refractivity contribution in [3.05, 3.63) is 0 Å². The number of rotatable bonds is 4. The third kappa shape index (κ3) is 3.80. The first-order chi connectivity index (χ1) is 7.15. The molecule has 4 nitrogen and oxygen atoms in total. The van der Waals surface area contributed by atoms with E-state index in [1.54, 1.807) is 0 Å². The lowest BCUT2D eigenvalue weighted by atomic mass is 9.92. The second kappa shape index (κ2) is 6.08. The van der Waals surface area contributed by atoms with Crippen molar-refractivity contribution in [2.75, 3.05) is 26.2 Å². The molecule has 1 aliphatic rings. The van der Waals surface area contributed by atoms with Gasteiger partial charge >= 0.3 is 0 Å². The maximum atomic E-state index is 11.6. The van der Waals surface area contributed by atoms with Crippen molar-refractivity contribution >= 4 is 5.91 Å². The van der Waals surface area contributed by atoms with Gasteiger partial charge in [-0.1, -0.05) is 6.92 Å². The SMILES string of the molecule is CCNCC(=O)N1CCC(C(C)O)CC1. The van der Waals surface area contributed by atoms with Gasteiger partial charge < -0.3 is 15.3 Å². The van der Waals surface area contributed by atoms with E-state index in [1.807, 2.05) is 18.7 Å². The van der Waals surface area contributed by atoms with Gasteiger partial charge in [-0.15, -0.1) is 0 Å². The fourth-order valence-electron chi connectivity index (χ4n) is 1.98. The second-order valence-corrected chi connectivity index (χ2v) is 4.24. The highest BCUT2D eigenvalue weighted by molar-refractivity contribution is 5.78. The summed E-state index contributed by atoms with van der Waals surface area (Å²) in [5.41, 5.74) is 0. The second-order valence-electron chi connectivity index (χ2n) is 4.24. The minimum Gasteiger partial charge on any atom is -0.393 e. The van der Waals surface area contributed by atoms with E-state index in [1.165, 1.54) is 0 Å². The van der Waals surface area contributed by atoms with Gasteiger partial charge in [-0.2, -0.15) is 0 Å². The molecule has 1 rings (SSSR count). The van der Waals surface area contributed by atoms with E-state index >= 15 is 0 Å². The third-order valence-corrected chi connectivity index (χ3v) is 3.10. The zero-order valence-electron chi connectivity index (χ0n) is 9.70. The maximum absolute atomic E-state index is 11.6. The lowest BCUT2D eigenvalue weighted by molar-refractivity contribution is -0.132. The van der Waals surface area contributed by atoms with Crippen molar-refractivity contribution in [2.45, 2.75) is 32.8 Å². The Morgan fingerprint density at radius 1 is 1.53 bits per heavy atom. The van der Waals surface area contributed by atoms with E-state index in [4.69, 9.17) is 0 Å². The smallest absolute Gasteiger partial charge is 0.236 e. The Morgan fingerprint density at radius 3 is 2.60 bits per heavy atom. The Balaban J connectivity index is 2.27. The third-order valence-electron chi connectivity index (χ3n) is 3.10. The summed E-state index contributed by atoms with van der Waals surface area (Å²) in [6, 6.07) is 0. The van der Waals surface area contributed by atoms with E-state index in [9.17, 15) is 9.90 Å². The summed E-state index contributed by atoms with van der Waals surface area (Å²) in [6.07, 6.45) is 1.61. The Kier molecular flexibility index (Phi) is 5.05. The van der Waals surface area contributed by atoms with Crippen LogP contribution in [0.25, 0.3) is 0 Å². The van der Waals surface area contributed by atoms with E-state index < -0.39 is 0 Å². The molecule has 0 radical (unpaired) electrons. The number of nitrogens with one attached hydrogen (secondary N) is 1. The molecule has 1 unspecified atom stereocenters. The summed E-state index contributed by atoms with van der Waals surface area (Å²) in [6.45, 7) is 6.68. The summed E-state index contributed by atoms with van der Waals surface area (Å²) >= 11 is 0. The number of likely N-dealkylation sites (N-methyl/N-ethyl adjacent to an activating group) is 1.